The molecule has 4 nitrogen and oxygen atoms in total. The molecular weight excluding hydrogens is 262 g/mol. The maximum Gasteiger partial charge on any atom is 0.185 e. The largest absolute Gasteiger partial charge is 0.398 e. The third-order valence-corrected chi connectivity index (χ3v) is 3.89. The molecule has 0 aliphatic carbocycles. The minimum atomic E-state index is -0.953. The summed E-state index contributed by atoms with van der Waals surface area (Å²) in [5.41, 5.74) is 9.00. The van der Waals surface area contributed by atoms with E-state index in [9.17, 15) is 15.0 Å². The van der Waals surface area contributed by atoms with Crippen LogP contribution in [0.2, 0.25) is 0 Å². The molecule has 1 rings (SSSR count). The Morgan fingerprint density at radius 3 is 2.32 bits per heavy atom. The summed E-state index contributed by atoms with van der Waals surface area (Å²) in [7, 11) is 0. The highest BCUT2D eigenvalue weighted by molar-refractivity contribution is 8.13. The van der Waals surface area contributed by atoms with Gasteiger partial charge in [0, 0.05) is 18.4 Å². The lowest BCUT2D eigenvalue weighted by molar-refractivity contribution is -0.109. The van der Waals surface area contributed by atoms with Gasteiger partial charge in [0.15, 0.2) is 5.12 Å². The van der Waals surface area contributed by atoms with Crippen molar-refractivity contribution < 1.29 is 15.0 Å². The van der Waals surface area contributed by atoms with Crippen molar-refractivity contribution >= 4 is 22.6 Å². The lowest BCUT2D eigenvalue weighted by Crippen LogP contribution is -2.19. The van der Waals surface area contributed by atoms with Crippen LogP contribution in [0.15, 0.2) is 12.1 Å². The molecule has 2 unspecified atom stereocenters. The zero-order valence-corrected chi connectivity index (χ0v) is 12.3. The van der Waals surface area contributed by atoms with Crippen LogP contribution in [0.4, 0.5) is 5.69 Å². The van der Waals surface area contributed by atoms with Crippen LogP contribution in [0, 0.1) is 13.8 Å². The summed E-state index contributed by atoms with van der Waals surface area (Å²) in [6, 6.07) is 3.57. The molecule has 0 spiro atoms. The number of anilines is 1. The summed E-state index contributed by atoms with van der Waals surface area (Å²) in [6.45, 7) is 5.23. The Balaban J connectivity index is 2.71. The molecule has 1 aromatic carbocycles. The van der Waals surface area contributed by atoms with Crippen LogP contribution < -0.4 is 5.73 Å². The Bertz CT molecular complexity index is 439. The lowest BCUT2D eigenvalue weighted by atomic mass is 9.97. The van der Waals surface area contributed by atoms with Crippen molar-refractivity contribution in [3.8, 4) is 0 Å². The standard InChI is InChI=1S/C14H21NO3S/c1-8-6-11(7-9(2)13(8)15)14(18)12(17)4-5-19-10(3)16/h6-7,12,14,17-18H,4-5,15H2,1-3H3. The van der Waals surface area contributed by atoms with Gasteiger partial charge >= 0.3 is 0 Å². The van der Waals surface area contributed by atoms with Crippen LogP contribution >= 0.6 is 11.8 Å². The Hall–Kier alpha value is -1.04. The van der Waals surface area contributed by atoms with Gasteiger partial charge < -0.3 is 15.9 Å². The molecule has 5 heteroatoms. The monoisotopic (exact) mass is 283 g/mol. The number of hydrogen-bond donors (Lipinski definition) is 3. The number of carbonyl (C=O) groups excluding carboxylic acids is 1. The second-order valence-electron chi connectivity index (χ2n) is 4.71. The van der Waals surface area contributed by atoms with Gasteiger partial charge in [0.05, 0.1) is 6.10 Å². The second kappa shape index (κ2) is 6.93. The SMILES string of the molecule is CC(=O)SCCC(O)C(O)c1cc(C)c(N)c(C)c1. The summed E-state index contributed by atoms with van der Waals surface area (Å²) in [6.07, 6.45) is -1.46. The zero-order valence-electron chi connectivity index (χ0n) is 11.5. The molecule has 0 radical (unpaired) electrons. The zero-order chi connectivity index (χ0) is 14.6. The summed E-state index contributed by atoms with van der Waals surface area (Å²) < 4.78 is 0. The minimum absolute atomic E-state index is 0.0147. The number of nitrogens with two attached hydrogens (primary N) is 1. The summed E-state index contributed by atoms with van der Waals surface area (Å²) in [5.74, 6) is 0.500. The fraction of sp³-hybridized carbons (Fsp3) is 0.500. The molecule has 106 valence electrons. The molecule has 0 bridgehead atoms. The fourth-order valence-electron chi connectivity index (χ4n) is 1.88. The number of carbonyl (C=O) groups is 1. The molecule has 4 N–H and O–H groups in total. The average Bonchev–Trinajstić information content (AvgIpc) is 2.33. The number of rotatable bonds is 5. The van der Waals surface area contributed by atoms with E-state index in [0.29, 0.717) is 23.4 Å². The molecule has 2 atom stereocenters. The van der Waals surface area contributed by atoms with E-state index in [-0.39, 0.29) is 5.12 Å². The first kappa shape index (κ1) is 16.0. The maximum absolute atomic E-state index is 10.8. The molecule has 0 aromatic heterocycles. The Morgan fingerprint density at radius 2 is 1.84 bits per heavy atom. The Labute approximate surface area is 118 Å². The fourth-order valence-corrected chi connectivity index (χ4v) is 2.53. The number of thioether (sulfide) groups is 1. The molecule has 1 aromatic rings. The van der Waals surface area contributed by atoms with Crippen molar-refractivity contribution in [3.63, 3.8) is 0 Å². The van der Waals surface area contributed by atoms with E-state index in [1.54, 1.807) is 12.1 Å². The quantitative estimate of drug-likeness (QED) is 0.719. The first-order chi connectivity index (χ1) is 8.82. The third kappa shape index (κ3) is 4.53. The highest BCUT2D eigenvalue weighted by Gasteiger charge is 2.19. The number of nitrogen functional groups attached to an aromatic ring is 1. The van der Waals surface area contributed by atoms with Gasteiger partial charge in [-0.1, -0.05) is 23.9 Å². The maximum atomic E-state index is 10.8. The highest BCUT2D eigenvalue weighted by Crippen LogP contribution is 2.26. The number of benzene rings is 1. The molecule has 0 heterocycles. The van der Waals surface area contributed by atoms with Crippen molar-refractivity contribution in [1.82, 2.24) is 0 Å². The van der Waals surface area contributed by atoms with Crippen LogP contribution in [0.25, 0.3) is 0 Å². The van der Waals surface area contributed by atoms with Gasteiger partial charge in [-0.3, -0.25) is 4.79 Å². The van der Waals surface area contributed by atoms with Crippen LogP contribution in [-0.2, 0) is 4.79 Å². The normalized spacial score (nSPS) is 14.2. The van der Waals surface area contributed by atoms with E-state index < -0.39 is 12.2 Å². The van der Waals surface area contributed by atoms with E-state index in [4.69, 9.17) is 5.73 Å². The van der Waals surface area contributed by atoms with Crippen molar-refractivity contribution in [2.75, 3.05) is 11.5 Å². The van der Waals surface area contributed by atoms with Crippen molar-refractivity contribution in [2.24, 2.45) is 0 Å². The molecule has 0 amide bonds. The Kier molecular flexibility index (Phi) is 5.85. The molecule has 0 aliphatic heterocycles. The molecule has 0 aliphatic rings. The summed E-state index contributed by atoms with van der Waals surface area (Å²) in [4.78, 5) is 10.8. The highest BCUT2D eigenvalue weighted by atomic mass is 32.2. The van der Waals surface area contributed by atoms with Gasteiger partial charge in [0.2, 0.25) is 0 Å². The average molecular weight is 283 g/mol. The smallest absolute Gasteiger partial charge is 0.185 e. The third-order valence-electron chi connectivity index (χ3n) is 3.04. The molecule has 19 heavy (non-hydrogen) atoms. The number of aliphatic hydroxyl groups is 2. The van der Waals surface area contributed by atoms with Gasteiger partial charge in [-0.05, 0) is 37.0 Å². The van der Waals surface area contributed by atoms with E-state index >= 15 is 0 Å². The summed E-state index contributed by atoms with van der Waals surface area (Å²) >= 11 is 1.15. The van der Waals surface area contributed by atoms with Crippen molar-refractivity contribution in [3.05, 3.63) is 28.8 Å². The van der Waals surface area contributed by atoms with Crippen LogP contribution in [0.3, 0.4) is 0 Å². The van der Waals surface area contributed by atoms with Gasteiger partial charge in [-0.2, -0.15) is 0 Å². The van der Waals surface area contributed by atoms with Gasteiger partial charge in [0.25, 0.3) is 0 Å². The topological polar surface area (TPSA) is 83.5 Å². The van der Waals surface area contributed by atoms with Crippen LogP contribution in [-0.4, -0.2) is 27.2 Å². The van der Waals surface area contributed by atoms with E-state index in [1.165, 1.54) is 6.92 Å². The molecule has 0 fully saturated rings. The predicted molar refractivity (Wildman–Crippen MR) is 79.1 cm³/mol. The first-order valence-electron chi connectivity index (χ1n) is 6.19. The Morgan fingerprint density at radius 1 is 1.32 bits per heavy atom. The van der Waals surface area contributed by atoms with Gasteiger partial charge in [-0.25, -0.2) is 0 Å². The molecule has 0 saturated carbocycles. The first-order valence-corrected chi connectivity index (χ1v) is 7.17. The van der Waals surface area contributed by atoms with Crippen LogP contribution in [0.1, 0.15) is 36.1 Å². The van der Waals surface area contributed by atoms with E-state index in [2.05, 4.69) is 0 Å². The van der Waals surface area contributed by atoms with Gasteiger partial charge in [0.1, 0.15) is 6.10 Å². The molecule has 0 saturated heterocycles. The number of aryl methyl sites for hydroxylation is 2. The molecular formula is C14H21NO3S. The minimum Gasteiger partial charge on any atom is -0.398 e. The van der Waals surface area contributed by atoms with Crippen molar-refractivity contribution in [2.45, 2.75) is 39.4 Å². The lowest BCUT2D eigenvalue weighted by Gasteiger charge is -2.19. The van der Waals surface area contributed by atoms with Crippen molar-refractivity contribution in [1.29, 1.82) is 0 Å². The van der Waals surface area contributed by atoms with E-state index in [1.807, 2.05) is 13.8 Å². The van der Waals surface area contributed by atoms with Gasteiger partial charge in [-0.15, -0.1) is 0 Å². The van der Waals surface area contributed by atoms with Crippen LogP contribution in [0.5, 0.6) is 0 Å². The predicted octanol–water partition coefficient (Wildman–Crippen LogP) is 1.95. The van der Waals surface area contributed by atoms with E-state index in [0.717, 1.165) is 22.9 Å². The number of aliphatic hydroxyl groups excluding tert-OH is 2. The second-order valence-corrected chi connectivity index (χ2v) is 5.98. The number of hydrogen-bond acceptors (Lipinski definition) is 5. The summed E-state index contributed by atoms with van der Waals surface area (Å²) in [5, 5.41) is 20.1.